The van der Waals surface area contributed by atoms with Crippen molar-refractivity contribution in [3.05, 3.63) is 35.9 Å². The Balaban J connectivity index is 3.04. The lowest BCUT2D eigenvalue weighted by Crippen LogP contribution is -2.58. The predicted octanol–water partition coefficient (Wildman–Crippen LogP) is 3.63. The summed E-state index contributed by atoms with van der Waals surface area (Å²) in [4.78, 5) is 11.6. The van der Waals surface area contributed by atoms with E-state index in [2.05, 4.69) is 6.92 Å². The quantitative estimate of drug-likeness (QED) is 0.719. The smallest absolute Gasteiger partial charge is 0.325 e. The second kappa shape index (κ2) is 7.14. The summed E-state index contributed by atoms with van der Waals surface area (Å²) < 4.78 is -0.645. The summed E-state index contributed by atoms with van der Waals surface area (Å²) in [6.07, 6.45) is 3.40. The third-order valence-corrected chi connectivity index (χ3v) is 5.63. The van der Waals surface area contributed by atoms with Crippen molar-refractivity contribution in [2.45, 2.75) is 50.3 Å². The standard InChI is InChI=1S/C16H25NO2S/c1-4-5-9-12-20-16(3,15(2,17)14(18)19)13-10-7-6-8-11-13/h6-8,10-11H,4-5,9,12,17H2,1-3H3,(H,18,19)/t15-,16-/m0/s1. The summed E-state index contributed by atoms with van der Waals surface area (Å²) in [6.45, 7) is 5.70. The number of hydrogen-bond donors (Lipinski definition) is 2. The number of rotatable bonds is 8. The molecule has 0 saturated carbocycles. The number of carboxylic acid groups (broad SMARTS) is 1. The maximum Gasteiger partial charge on any atom is 0.325 e. The molecule has 0 unspecified atom stereocenters. The van der Waals surface area contributed by atoms with E-state index < -0.39 is 16.3 Å². The Labute approximate surface area is 125 Å². The van der Waals surface area contributed by atoms with Gasteiger partial charge >= 0.3 is 5.97 Å². The molecule has 1 aromatic carbocycles. The van der Waals surface area contributed by atoms with E-state index >= 15 is 0 Å². The fraction of sp³-hybridized carbons (Fsp3) is 0.562. The van der Waals surface area contributed by atoms with Gasteiger partial charge in [0.1, 0.15) is 5.54 Å². The zero-order valence-electron chi connectivity index (χ0n) is 12.6. The van der Waals surface area contributed by atoms with Gasteiger partial charge in [-0.2, -0.15) is 0 Å². The van der Waals surface area contributed by atoms with Crippen molar-refractivity contribution in [2.24, 2.45) is 5.73 Å². The van der Waals surface area contributed by atoms with Crippen LogP contribution in [-0.2, 0) is 9.54 Å². The van der Waals surface area contributed by atoms with Gasteiger partial charge in [0.2, 0.25) is 0 Å². The van der Waals surface area contributed by atoms with E-state index in [1.54, 1.807) is 18.7 Å². The number of carbonyl (C=O) groups is 1. The summed E-state index contributed by atoms with van der Waals surface area (Å²) in [7, 11) is 0. The molecule has 1 rings (SSSR count). The van der Waals surface area contributed by atoms with Gasteiger partial charge in [0.15, 0.2) is 0 Å². The lowest BCUT2D eigenvalue weighted by molar-refractivity contribution is -0.143. The van der Waals surface area contributed by atoms with Gasteiger partial charge in [0, 0.05) is 0 Å². The summed E-state index contributed by atoms with van der Waals surface area (Å²) >= 11 is 1.65. The van der Waals surface area contributed by atoms with Crippen LogP contribution < -0.4 is 5.73 Å². The fourth-order valence-corrected chi connectivity index (χ4v) is 3.57. The number of nitrogens with two attached hydrogens (primary N) is 1. The molecule has 0 aliphatic carbocycles. The Hall–Kier alpha value is -1.00. The highest BCUT2D eigenvalue weighted by Crippen LogP contribution is 2.44. The monoisotopic (exact) mass is 295 g/mol. The number of aliphatic carboxylic acids is 1. The molecule has 0 radical (unpaired) electrons. The number of benzene rings is 1. The molecular formula is C16H25NO2S. The maximum absolute atomic E-state index is 11.6. The highest BCUT2D eigenvalue weighted by atomic mass is 32.2. The van der Waals surface area contributed by atoms with Crippen LogP contribution in [0.4, 0.5) is 0 Å². The van der Waals surface area contributed by atoms with E-state index in [0.717, 1.165) is 30.6 Å². The van der Waals surface area contributed by atoms with Crippen LogP contribution >= 0.6 is 11.8 Å². The van der Waals surface area contributed by atoms with Gasteiger partial charge in [-0.15, -0.1) is 11.8 Å². The first-order valence-electron chi connectivity index (χ1n) is 7.08. The second-order valence-electron chi connectivity index (χ2n) is 5.46. The molecular weight excluding hydrogens is 270 g/mol. The Morgan fingerprint density at radius 1 is 1.25 bits per heavy atom. The molecule has 2 atom stereocenters. The number of thioether (sulfide) groups is 1. The van der Waals surface area contributed by atoms with Gasteiger partial charge in [0.25, 0.3) is 0 Å². The molecule has 0 heterocycles. The van der Waals surface area contributed by atoms with E-state index in [1.807, 2.05) is 37.3 Å². The van der Waals surface area contributed by atoms with E-state index in [0.29, 0.717) is 0 Å². The first-order valence-corrected chi connectivity index (χ1v) is 8.06. The van der Waals surface area contributed by atoms with Gasteiger partial charge in [-0.05, 0) is 31.6 Å². The van der Waals surface area contributed by atoms with Gasteiger partial charge in [-0.25, -0.2) is 0 Å². The van der Waals surface area contributed by atoms with Gasteiger partial charge in [-0.1, -0.05) is 50.1 Å². The van der Waals surface area contributed by atoms with Crippen LogP contribution in [0.5, 0.6) is 0 Å². The van der Waals surface area contributed by atoms with E-state index in [9.17, 15) is 9.90 Å². The van der Waals surface area contributed by atoms with Crippen molar-refractivity contribution in [1.82, 2.24) is 0 Å². The van der Waals surface area contributed by atoms with Crippen molar-refractivity contribution in [3.8, 4) is 0 Å². The van der Waals surface area contributed by atoms with Crippen molar-refractivity contribution in [1.29, 1.82) is 0 Å². The molecule has 0 spiro atoms. The molecule has 0 bridgehead atoms. The minimum Gasteiger partial charge on any atom is -0.480 e. The van der Waals surface area contributed by atoms with Crippen LogP contribution in [-0.4, -0.2) is 22.4 Å². The third-order valence-electron chi connectivity index (χ3n) is 3.90. The van der Waals surface area contributed by atoms with Crippen molar-refractivity contribution < 1.29 is 9.90 Å². The highest BCUT2D eigenvalue weighted by Gasteiger charge is 2.49. The molecule has 0 amide bonds. The minimum atomic E-state index is -1.31. The topological polar surface area (TPSA) is 63.3 Å². The molecule has 0 aromatic heterocycles. The van der Waals surface area contributed by atoms with E-state index in [-0.39, 0.29) is 0 Å². The van der Waals surface area contributed by atoms with Crippen LogP contribution in [0.15, 0.2) is 30.3 Å². The van der Waals surface area contributed by atoms with E-state index in [4.69, 9.17) is 5.73 Å². The number of carboxylic acids is 1. The Morgan fingerprint density at radius 3 is 2.35 bits per heavy atom. The predicted molar refractivity (Wildman–Crippen MR) is 86.0 cm³/mol. The Kier molecular flexibility index (Phi) is 6.08. The lowest BCUT2D eigenvalue weighted by Gasteiger charge is -2.41. The largest absolute Gasteiger partial charge is 0.480 e. The van der Waals surface area contributed by atoms with Crippen LogP contribution in [0.2, 0.25) is 0 Å². The minimum absolute atomic E-state index is 0.645. The Morgan fingerprint density at radius 2 is 1.85 bits per heavy atom. The lowest BCUT2D eigenvalue weighted by atomic mass is 9.81. The molecule has 0 aliphatic rings. The number of unbranched alkanes of at least 4 members (excludes halogenated alkanes) is 2. The summed E-state index contributed by atoms with van der Waals surface area (Å²) in [5, 5.41) is 9.50. The first-order chi connectivity index (χ1) is 9.36. The molecule has 20 heavy (non-hydrogen) atoms. The zero-order valence-corrected chi connectivity index (χ0v) is 13.4. The molecule has 3 N–H and O–H groups in total. The van der Waals surface area contributed by atoms with Crippen molar-refractivity contribution in [3.63, 3.8) is 0 Å². The van der Waals surface area contributed by atoms with Crippen LogP contribution in [0.1, 0.15) is 45.6 Å². The second-order valence-corrected chi connectivity index (χ2v) is 6.98. The Bertz CT molecular complexity index is 433. The molecule has 0 saturated heterocycles. The van der Waals surface area contributed by atoms with Gasteiger partial charge < -0.3 is 10.8 Å². The van der Waals surface area contributed by atoms with Crippen molar-refractivity contribution in [2.75, 3.05) is 5.75 Å². The van der Waals surface area contributed by atoms with Crippen LogP contribution in [0.25, 0.3) is 0 Å². The molecule has 3 nitrogen and oxygen atoms in total. The molecule has 0 fully saturated rings. The third kappa shape index (κ3) is 3.55. The SMILES string of the molecule is CCCCCS[C@@](C)(c1ccccc1)[C@@](C)(N)C(=O)O. The molecule has 112 valence electrons. The first kappa shape index (κ1) is 17.1. The fourth-order valence-electron chi connectivity index (χ4n) is 2.12. The summed E-state index contributed by atoms with van der Waals surface area (Å²) in [5.74, 6) is -0.0499. The van der Waals surface area contributed by atoms with E-state index in [1.165, 1.54) is 0 Å². The maximum atomic E-state index is 11.6. The van der Waals surface area contributed by atoms with Crippen LogP contribution in [0, 0.1) is 0 Å². The normalized spacial score (nSPS) is 17.2. The molecule has 0 aliphatic heterocycles. The summed E-state index contributed by atoms with van der Waals surface area (Å²) in [6, 6.07) is 9.71. The average Bonchev–Trinajstić information content (AvgIpc) is 2.44. The summed E-state index contributed by atoms with van der Waals surface area (Å²) in [5.41, 5.74) is 5.82. The van der Waals surface area contributed by atoms with Gasteiger partial charge in [0.05, 0.1) is 4.75 Å². The average molecular weight is 295 g/mol. The zero-order chi connectivity index (χ0) is 15.2. The number of hydrogen-bond acceptors (Lipinski definition) is 3. The van der Waals surface area contributed by atoms with Gasteiger partial charge in [-0.3, -0.25) is 4.79 Å². The molecule has 1 aromatic rings. The molecule has 4 heteroatoms. The highest BCUT2D eigenvalue weighted by molar-refractivity contribution is 8.00. The van der Waals surface area contributed by atoms with Crippen LogP contribution in [0.3, 0.4) is 0 Å². The van der Waals surface area contributed by atoms with Crippen molar-refractivity contribution >= 4 is 17.7 Å².